The summed E-state index contributed by atoms with van der Waals surface area (Å²) in [6.45, 7) is 0.841. The number of nitrogens with zero attached hydrogens (tertiary/aromatic N) is 3. The molecule has 2 aromatic rings. The summed E-state index contributed by atoms with van der Waals surface area (Å²) in [5.74, 6) is 0. The third kappa shape index (κ3) is 4.28. The molecular formula is C13H19ClN4O2S. The highest BCUT2D eigenvalue weighted by Gasteiger charge is 2.25. The Kier molecular flexibility index (Phi) is 6.35. The zero-order valence-corrected chi connectivity index (χ0v) is 13.3. The van der Waals surface area contributed by atoms with Gasteiger partial charge in [0.25, 0.3) is 0 Å². The number of nitrogens with two attached hydrogens (primary N) is 1. The third-order valence-corrected chi connectivity index (χ3v) is 4.70. The van der Waals surface area contributed by atoms with Crippen LogP contribution in [0.15, 0.2) is 47.6 Å². The number of hydrogen-bond donors (Lipinski definition) is 1. The van der Waals surface area contributed by atoms with Gasteiger partial charge in [0, 0.05) is 32.9 Å². The monoisotopic (exact) mass is 330 g/mol. The Labute approximate surface area is 131 Å². The normalized spacial score (nSPS) is 11.4. The Balaban J connectivity index is 0.00000220. The highest BCUT2D eigenvalue weighted by Crippen LogP contribution is 2.17. The van der Waals surface area contributed by atoms with Crippen LogP contribution in [-0.2, 0) is 23.6 Å². The number of aryl methyl sites for hydroxylation is 1. The molecule has 0 bridgehead atoms. The summed E-state index contributed by atoms with van der Waals surface area (Å²) >= 11 is 0. The first-order valence-corrected chi connectivity index (χ1v) is 7.71. The summed E-state index contributed by atoms with van der Waals surface area (Å²) in [4.78, 5) is 0.185. The maximum atomic E-state index is 12.6. The van der Waals surface area contributed by atoms with Gasteiger partial charge in [-0.15, -0.1) is 12.4 Å². The number of halogens is 1. The Morgan fingerprint density at radius 3 is 2.48 bits per heavy atom. The van der Waals surface area contributed by atoms with Crippen LogP contribution in [-0.4, -0.2) is 35.6 Å². The average molecular weight is 331 g/mol. The first-order chi connectivity index (χ1) is 9.54. The van der Waals surface area contributed by atoms with Crippen LogP contribution in [0.3, 0.4) is 0 Å². The van der Waals surface area contributed by atoms with E-state index < -0.39 is 10.0 Å². The van der Waals surface area contributed by atoms with E-state index in [1.54, 1.807) is 7.05 Å². The van der Waals surface area contributed by atoms with Gasteiger partial charge >= 0.3 is 0 Å². The Morgan fingerprint density at radius 2 is 1.95 bits per heavy atom. The van der Waals surface area contributed by atoms with Crippen LogP contribution >= 0.6 is 12.4 Å². The predicted octanol–water partition coefficient (Wildman–Crippen LogP) is 0.991. The first-order valence-electron chi connectivity index (χ1n) is 6.27. The van der Waals surface area contributed by atoms with E-state index in [-0.39, 0.29) is 30.4 Å². The fourth-order valence-electron chi connectivity index (χ4n) is 1.90. The topological polar surface area (TPSA) is 81.2 Å². The molecule has 0 amide bonds. The van der Waals surface area contributed by atoms with E-state index in [1.807, 2.05) is 30.3 Å². The van der Waals surface area contributed by atoms with Gasteiger partial charge in [0.1, 0.15) is 4.90 Å². The molecule has 0 aliphatic heterocycles. The quantitative estimate of drug-likeness (QED) is 0.856. The van der Waals surface area contributed by atoms with Crippen LogP contribution in [0.25, 0.3) is 0 Å². The van der Waals surface area contributed by atoms with E-state index in [2.05, 4.69) is 5.10 Å². The molecule has 0 aliphatic carbocycles. The fourth-order valence-corrected chi connectivity index (χ4v) is 3.33. The molecular weight excluding hydrogens is 312 g/mol. The molecule has 0 radical (unpaired) electrons. The van der Waals surface area contributed by atoms with Crippen LogP contribution in [0, 0.1) is 0 Å². The van der Waals surface area contributed by atoms with Gasteiger partial charge in [0.2, 0.25) is 10.0 Å². The molecule has 116 valence electrons. The summed E-state index contributed by atoms with van der Waals surface area (Å²) in [7, 11) is -1.89. The molecule has 0 saturated carbocycles. The Bertz CT molecular complexity index is 658. The molecule has 1 aromatic carbocycles. The lowest BCUT2D eigenvalue weighted by Gasteiger charge is -2.20. The van der Waals surface area contributed by atoms with Crippen molar-refractivity contribution in [3.8, 4) is 0 Å². The number of hydrogen-bond acceptors (Lipinski definition) is 4. The second kappa shape index (κ2) is 7.56. The van der Waals surface area contributed by atoms with Crippen molar-refractivity contribution in [1.29, 1.82) is 0 Å². The van der Waals surface area contributed by atoms with Crippen LogP contribution in [0.4, 0.5) is 0 Å². The van der Waals surface area contributed by atoms with Crippen LogP contribution in [0.2, 0.25) is 0 Å². The molecule has 1 aromatic heterocycles. The molecule has 0 saturated heterocycles. The van der Waals surface area contributed by atoms with Gasteiger partial charge in [0.15, 0.2) is 0 Å². The van der Waals surface area contributed by atoms with Gasteiger partial charge in [-0.1, -0.05) is 30.3 Å². The van der Waals surface area contributed by atoms with Gasteiger partial charge in [-0.2, -0.15) is 9.40 Å². The number of aromatic nitrogens is 2. The summed E-state index contributed by atoms with van der Waals surface area (Å²) in [5.41, 5.74) is 6.46. The van der Waals surface area contributed by atoms with Crippen molar-refractivity contribution < 1.29 is 8.42 Å². The first kappa shape index (κ1) is 17.6. The van der Waals surface area contributed by atoms with Crippen molar-refractivity contribution in [2.24, 2.45) is 12.8 Å². The standard InChI is InChI=1S/C13H18N4O2S.ClH/c1-16-11-13(9-15-16)20(18,19)17(8-7-14)10-12-5-3-2-4-6-12;/h2-6,9,11H,7-8,10,14H2,1H3;1H. The smallest absolute Gasteiger partial charge is 0.246 e. The van der Waals surface area contributed by atoms with E-state index in [4.69, 9.17) is 5.73 Å². The van der Waals surface area contributed by atoms with E-state index in [9.17, 15) is 8.42 Å². The van der Waals surface area contributed by atoms with Crippen LogP contribution < -0.4 is 5.73 Å². The number of rotatable bonds is 6. The molecule has 21 heavy (non-hydrogen) atoms. The molecule has 0 fully saturated rings. The largest absolute Gasteiger partial charge is 0.329 e. The molecule has 0 atom stereocenters. The second-order valence-electron chi connectivity index (χ2n) is 4.46. The minimum Gasteiger partial charge on any atom is -0.329 e. The Morgan fingerprint density at radius 1 is 1.29 bits per heavy atom. The van der Waals surface area contributed by atoms with Gasteiger partial charge < -0.3 is 5.73 Å². The van der Waals surface area contributed by atoms with Crippen molar-refractivity contribution >= 4 is 22.4 Å². The molecule has 2 rings (SSSR count). The lowest BCUT2D eigenvalue weighted by Crippen LogP contribution is -2.34. The van der Waals surface area contributed by atoms with E-state index in [1.165, 1.54) is 21.4 Å². The lowest BCUT2D eigenvalue weighted by molar-refractivity contribution is 0.414. The van der Waals surface area contributed by atoms with E-state index in [0.29, 0.717) is 6.54 Å². The molecule has 0 unspecified atom stereocenters. The number of sulfonamides is 1. The molecule has 6 nitrogen and oxygen atoms in total. The van der Waals surface area contributed by atoms with E-state index in [0.717, 1.165) is 5.56 Å². The van der Waals surface area contributed by atoms with Gasteiger partial charge in [-0.05, 0) is 5.56 Å². The lowest BCUT2D eigenvalue weighted by atomic mass is 10.2. The zero-order valence-electron chi connectivity index (χ0n) is 11.7. The summed E-state index contributed by atoms with van der Waals surface area (Å²) in [6.07, 6.45) is 2.84. The summed E-state index contributed by atoms with van der Waals surface area (Å²) < 4.78 is 28.0. The molecule has 1 heterocycles. The van der Waals surface area contributed by atoms with Crippen LogP contribution in [0.5, 0.6) is 0 Å². The van der Waals surface area contributed by atoms with Crippen LogP contribution in [0.1, 0.15) is 5.56 Å². The minimum atomic E-state index is -3.57. The maximum absolute atomic E-state index is 12.6. The van der Waals surface area contributed by atoms with Crippen molar-refractivity contribution in [1.82, 2.24) is 14.1 Å². The van der Waals surface area contributed by atoms with Crippen molar-refractivity contribution in [3.05, 3.63) is 48.3 Å². The SMILES string of the molecule is Cl.Cn1cc(S(=O)(=O)N(CCN)Cc2ccccc2)cn1. The average Bonchev–Trinajstić information content (AvgIpc) is 2.87. The van der Waals surface area contributed by atoms with Gasteiger partial charge in [-0.25, -0.2) is 8.42 Å². The number of benzene rings is 1. The van der Waals surface area contributed by atoms with Gasteiger partial charge in [0.05, 0.1) is 6.20 Å². The highest BCUT2D eigenvalue weighted by atomic mass is 35.5. The highest BCUT2D eigenvalue weighted by molar-refractivity contribution is 7.89. The van der Waals surface area contributed by atoms with Gasteiger partial charge in [-0.3, -0.25) is 4.68 Å². The molecule has 0 spiro atoms. The summed E-state index contributed by atoms with van der Waals surface area (Å²) in [6, 6.07) is 9.44. The van der Waals surface area contributed by atoms with E-state index >= 15 is 0 Å². The van der Waals surface area contributed by atoms with Crippen molar-refractivity contribution in [2.45, 2.75) is 11.4 Å². The minimum absolute atomic E-state index is 0. The molecule has 2 N–H and O–H groups in total. The molecule has 0 aliphatic rings. The van der Waals surface area contributed by atoms with Crippen molar-refractivity contribution in [2.75, 3.05) is 13.1 Å². The predicted molar refractivity (Wildman–Crippen MR) is 83.5 cm³/mol. The fraction of sp³-hybridized carbons (Fsp3) is 0.308. The second-order valence-corrected chi connectivity index (χ2v) is 6.40. The maximum Gasteiger partial charge on any atom is 0.246 e. The third-order valence-electron chi connectivity index (χ3n) is 2.90. The Hall–Kier alpha value is -1.41. The summed E-state index contributed by atoms with van der Waals surface area (Å²) in [5, 5.41) is 3.91. The molecule has 8 heteroatoms. The zero-order chi connectivity index (χ0) is 14.6. The van der Waals surface area contributed by atoms with Crippen molar-refractivity contribution in [3.63, 3.8) is 0 Å².